The quantitative estimate of drug-likeness (QED) is 0.571. The monoisotopic (exact) mass is 224 g/mol. The van der Waals surface area contributed by atoms with Crippen LogP contribution in [-0.4, -0.2) is 5.50 Å². The van der Waals surface area contributed by atoms with Crippen molar-refractivity contribution >= 4 is 28.9 Å². The van der Waals surface area contributed by atoms with Gasteiger partial charge in [-0.2, -0.15) is 0 Å². The van der Waals surface area contributed by atoms with Crippen LogP contribution >= 0.6 is 23.2 Å². The average Bonchev–Trinajstić information content (AvgIpc) is 2.23. The number of halogens is 2. The highest BCUT2D eigenvalue weighted by atomic mass is 35.5. The van der Waals surface area contributed by atoms with Crippen molar-refractivity contribution in [3.05, 3.63) is 53.1 Å². The lowest BCUT2D eigenvalue weighted by Crippen LogP contribution is -2.25. The molecule has 71 valence electrons. The summed E-state index contributed by atoms with van der Waals surface area (Å²) in [6, 6.07) is 9.88. The number of dihydropyridines is 1. The van der Waals surface area contributed by atoms with Gasteiger partial charge in [-0.15, -0.1) is 0 Å². The first kappa shape index (κ1) is 9.63. The first-order valence-electron chi connectivity index (χ1n) is 4.22. The van der Waals surface area contributed by atoms with Crippen LogP contribution in [0.5, 0.6) is 0 Å². The van der Waals surface area contributed by atoms with Crippen LogP contribution in [0.1, 0.15) is 5.56 Å². The van der Waals surface area contributed by atoms with Gasteiger partial charge in [0.1, 0.15) is 5.50 Å². The van der Waals surface area contributed by atoms with Gasteiger partial charge in [0.2, 0.25) is 0 Å². The minimum absolute atomic E-state index is 0.354. The maximum atomic E-state index is 5.94. The van der Waals surface area contributed by atoms with Crippen molar-refractivity contribution in [3.63, 3.8) is 0 Å². The van der Waals surface area contributed by atoms with Gasteiger partial charge in [0.25, 0.3) is 0 Å². The molecule has 2 rings (SSSR count). The Bertz CT molecular complexity index is 382. The normalized spacial score (nSPS) is 20.9. The summed E-state index contributed by atoms with van der Waals surface area (Å²) in [5.74, 6) is 0. The SMILES string of the molecule is ClC1=C[C]=C(c2ccccc2)NC1Cl. The minimum Gasteiger partial charge on any atom is -0.364 e. The van der Waals surface area contributed by atoms with Gasteiger partial charge in [-0.05, 0) is 11.6 Å². The van der Waals surface area contributed by atoms with E-state index < -0.39 is 0 Å². The highest BCUT2D eigenvalue weighted by molar-refractivity contribution is 6.37. The fourth-order valence-corrected chi connectivity index (χ4v) is 1.50. The standard InChI is InChI=1S/C11H8Cl2N/c12-9-6-7-10(14-11(9)13)8-4-2-1-3-5-8/h1-6,11,14H. The van der Waals surface area contributed by atoms with Crippen LogP contribution in [0.3, 0.4) is 0 Å². The van der Waals surface area contributed by atoms with Crippen molar-refractivity contribution in [2.24, 2.45) is 0 Å². The maximum Gasteiger partial charge on any atom is 0.138 e. The smallest absolute Gasteiger partial charge is 0.138 e. The van der Waals surface area contributed by atoms with Crippen LogP contribution in [0, 0.1) is 6.08 Å². The van der Waals surface area contributed by atoms with Gasteiger partial charge in [0, 0.05) is 6.08 Å². The van der Waals surface area contributed by atoms with Gasteiger partial charge in [-0.3, -0.25) is 0 Å². The Balaban J connectivity index is 2.30. The van der Waals surface area contributed by atoms with E-state index in [0.29, 0.717) is 5.03 Å². The van der Waals surface area contributed by atoms with Gasteiger partial charge in [-0.1, -0.05) is 53.5 Å². The number of hydrogen-bond acceptors (Lipinski definition) is 1. The van der Waals surface area contributed by atoms with Crippen molar-refractivity contribution in [3.8, 4) is 0 Å². The van der Waals surface area contributed by atoms with E-state index in [0.717, 1.165) is 11.3 Å². The molecule has 1 heterocycles. The largest absolute Gasteiger partial charge is 0.364 e. The van der Waals surface area contributed by atoms with Crippen molar-refractivity contribution in [2.75, 3.05) is 0 Å². The molecule has 1 aliphatic heterocycles. The third kappa shape index (κ3) is 1.94. The Morgan fingerprint density at radius 2 is 1.93 bits per heavy atom. The molecule has 1 nitrogen and oxygen atoms in total. The highest BCUT2D eigenvalue weighted by Gasteiger charge is 2.14. The van der Waals surface area contributed by atoms with Crippen LogP contribution in [0.4, 0.5) is 0 Å². The molecule has 0 aliphatic carbocycles. The fourth-order valence-electron chi connectivity index (χ4n) is 1.22. The molecule has 0 saturated carbocycles. The third-order valence-corrected chi connectivity index (χ3v) is 2.71. The summed E-state index contributed by atoms with van der Waals surface area (Å²) in [5, 5.41) is 3.61. The molecule has 1 aliphatic rings. The molecule has 0 fully saturated rings. The second-order valence-electron chi connectivity index (χ2n) is 2.92. The van der Waals surface area contributed by atoms with E-state index in [2.05, 4.69) is 11.4 Å². The van der Waals surface area contributed by atoms with Crippen LogP contribution < -0.4 is 5.32 Å². The number of nitrogens with one attached hydrogen (secondary N) is 1. The summed E-state index contributed by atoms with van der Waals surface area (Å²) in [5.41, 5.74) is 1.57. The van der Waals surface area contributed by atoms with E-state index in [4.69, 9.17) is 23.2 Å². The van der Waals surface area contributed by atoms with E-state index in [9.17, 15) is 0 Å². The minimum atomic E-state index is -0.354. The Morgan fingerprint density at radius 3 is 2.57 bits per heavy atom. The van der Waals surface area contributed by atoms with Crippen LogP contribution in [0.25, 0.3) is 5.70 Å². The number of allylic oxidation sites excluding steroid dienone is 2. The lowest BCUT2D eigenvalue weighted by Gasteiger charge is -2.18. The van der Waals surface area contributed by atoms with Crippen LogP contribution in [0.2, 0.25) is 0 Å². The molecule has 0 saturated heterocycles. The first-order valence-corrected chi connectivity index (χ1v) is 5.04. The topological polar surface area (TPSA) is 12.0 Å². The number of benzene rings is 1. The predicted molar refractivity (Wildman–Crippen MR) is 59.8 cm³/mol. The van der Waals surface area contributed by atoms with E-state index in [1.54, 1.807) is 6.08 Å². The molecule has 14 heavy (non-hydrogen) atoms. The van der Waals surface area contributed by atoms with Crippen molar-refractivity contribution in [2.45, 2.75) is 5.50 Å². The fraction of sp³-hybridized carbons (Fsp3) is 0.0909. The zero-order valence-corrected chi connectivity index (χ0v) is 8.81. The van der Waals surface area contributed by atoms with E-state index in [1.807, 2.05) is 30.3 Å². The van der Waals surface area contributed by atoms with Crippen LogP contribution in [-0.2, 0) is 0 Å². The predicted octanol–water partition coefficient (Wildman–Crippen LogP) is 3.12. The van der Waals surface area contributed by atoms with E-state index in [-0.39, 0.29) is 5.50 Å². The van der Waals surface area contributed by atoms with Gasteiger partial charge >= 0.3 is 0 Å². The molecule has 1 unspecified atom stereocenters. The molecule has 0 bridgehead atoms. The summed E-state index contributed by atoms with van der Waals surface area (Å²) in [4.78, 5) is 0. The summed E-state index contributed by atoms with van der Waals surface area (Å²) < 4.78 is 0. The lowest BCUT2D eigenvalue weighted by molar-refractivity contribution is 0.905. The van der Waals surface area contributed by atoms with Gasteiger partial charge < -0.3 is 5.32 Å². The van der Waals surface area contributed by atoms with Crippen molar-refractivity contribution < 1.29 is 0 Å². The van der Waals surface area contributed by atoms with Gasteiger partial charge in [0.15, 0.2) is 0 Å². The second-order valence-corrected chi connectivity index (χ2v) is 3.79. The van der Waals surface area contributed by atoms with Crippen molar-refractivity contribution in [1.29, 1.82) is 0 Å². The maximum absolute atomic E-state index is 5.94. The van der Waals surface area contributed by atoms with Gasteiger partial charge in [0.05, 0.1) is 10.7 Å². The van der Waals surface area contributed by atoms with Crippen LogP contribution in [0.15, 0.2) is 41.4 Å². The van der Waals surface area contributed by atoms with E-state index in [1.165, 1.54) is 0 Å². The molecular weight excluding hydrogens is 217 g/mol. The number of alkyl halides is 1. The average molecular weight is 225 g/mol. The lowest BCUT2D eigenvalue weighted by atomic mass is 10.1. The summed E-state index contributed by atoms with van der Waals surface area (Å²) in [7, 11) is 0. The Hall–Kier alpha value is -0.920. The molecule has 0 aromatic heterocycles. The molecule has 0 spiro atoms. The molecule has 1 radical (unpaired) electrons. The van der Waals surface area contributed by atoms with Gasteiger partial charge in [-0.25, -0.2) is 0 Å². The zero-order chi connectivity index (χ0) is 9.97. The molecule has 3 heteroatoms. The molecule has 1 aromatic carbocycles. The Labute approximate surface area is 93.0 Å². The first-order chi connectivity index (χ1) is 6.77. The molecule has 1 N–H and O–H groups in total. The molecular formula is C11H8Cl2N. The zero-order valence-electron chi connectivity index (χ0n) is 7.30. The molecule has 0 amide bonds. The summed E-state index contributed by atoms with van der Waals surface area (Å²) in [6.45, 7) is 0. The summed E-state index contributed by atoms with van der Waals surface area (Å²) in [6.07, 6.45) is 4.74. The molecule has 1 atom stereocenters. The van der Waals surface area contributed by atoms with Crippen molar-refractivity contribution in [1.82, 2.24) is 5.32 Å². The summed E-state index contributed by atoms with van der Waals surface area (Å²) >= 11 is 11.8. The van der Waals surface area contributed by atoms with E-state index >= 15 is 0 Å². The Morgan fingerprint density at radius 1 is 1.21 bits per heavy atom. The third-order valence-electron chi connectivity index (χ3n) is 1.93. The second kappa shape index (κ2) is 4.07. The molecule has 1 aromatic rings. The number of rotatable bonds is 1. The number of hydrogen-bond donors (Lipinski definition) is 1. The Kier molecular flexibility index (Phi) is 2.80. The highest BCUT2D eigenvalue weighted by Crippen LogP contribution is 2.22.